The summed E-state index contributed by atoms with van der Waals surface area (Å²) in [6, 6.07) is 39.7. The van der Waals surface area contributed by atoms with Gasteiger partial charge in [0.25, 0.3) is 0 Å². The molecule has 1 N–H and O–H groups in total. The average Bonchev–Trinajstić information content (AvgIpc) is 3.57. The number of ether oxygens (including phenoxy) is 2. The first-order chi connectivity index (χ1) is 24.3. The van der Waals surface area contributed by atoms with Crippen molar-refractivity contribution in [1.82, 2.24) is 0 Å². The lowest BCUT2D eigenvalue weighted by molar-refractivity contribution is -0.137. The van der Waals surface area contributed by atoms with E-state index in [0.717, 1.165) is 28.8 Å². The molecule has 1 aliphatic heterocycles. The number of halogens is 1. The Balaban J connectivity index is 0.000000351. The lowest BCUT2D eigenvalue weighted by Crippen LogP contribution is -2.31. The number of hydrogen-bond acceptors (Lipinski definition) is 4. The fourth-order valence-corrected chi connectivity index (χ4v) is 5.96. The third-order valence-electron chi connectivity index (χ3n) is 8.49. The van der Waals surface area contributed by atoms with Gasteiger partial charge < -0.3 is 19.5 Å². The zero-order chi connectivity index (χ0) is 36.5. The van der Waals surface area contributed by atoms with E-state index in [4.69, 9.17) is 9.47 Å². The summed E-state index contributed by atoms with van der Waals surface area (Å²) in [7, 11) is 3.24. The summed E-state index contributed by atoms with van der Waals surface area (Å²) in [6.07, 6.45) is 1.61. The number of aliphatic carboxylic acids is 1. The van der Waals surface area contributed by atoms with E-state index < -0.39 is 5.97 Å². The first-order valence-corrected chi connectivity index (χ1v) is 17.5. The van der Waals surface area contributed by atoms with Crippen molar-refractivity contribution in [1.29, 1.82) is 0 Å². The zero-order valence-corrected chi connectivity index (χ0v) is 30.5. The Morgan fingerprint density at radius 2 is 1.38 bits per heavy atom. The van der Waals surface area contributed by atoms with E-state index in [1.165, 1.54) is 22.8 Å². The molecule has 1 unspecified atom stereocenters. The van der Waals surface area contributed by atoms with Crippen molar-refractivity contribution >= 4 is 11.7 Å². The maximum absolute atomic E-state index is 14.4. The second kappa shape index (κ2) is 20.5. The summed E-state index contributed by atoms with van der Waals surface area (Å²) in [5.74, 6) is -0.447. The molecule has 0 aromatic heterocycles. The summed E-state index contributed by atoms with van der Waals surface area (Å²) in [6.45, 7) is 10.7. The number of benzene rings is 5. The molecular weight excluding hydrogens is 625 g/mol. The summed E-state index contributed by atoms with van der Waals surface area (Å²) < 4.78 is 25.1. The minimum absolute atomic E-state index is 0.0413. The molecule has 0 amide bonds. The lowest BCUT2D eigenvalue weighted by Gasteiger charge is -2.25. The fraction of sp³-hybridized carbons (Fsp3) is 0.295. The molecule has 5 aromatic rings. The number of anilines is 1. The Bertz CT molecular complexity index is 1690. The molecule has 0 spiro atoms. The predicted molar refractivity (Wildman–Crippen MR) is 206 cm³/mol. The SMILES string of the molecule is CC.CC.COc1ccc(F)c(-c2ccc(Cc3ccc(N4CC(OC)C[C@@H]4CC(=O)O)cc3)c(C)c2)c1.c1ccc(-c2ccccc2)cc1. The van der Waals surface area contributed by atoms with Gasteiger partial charge in [-0.15, -0.1) is 0 Å². The van der Waals surface area contributed by atoms with Crippen molar-refractivity contribution in [3.8, 4) is 28.0 Å². The van der Waals surface area contributed by atoms with Crippen molar-refractivity contribution < 1.29 is 23.8 Å². The Labute approximate surface area is 298 Å². The van der Waals surface area contributed by atoms with Crippen LogP contribution in [0.15, 0.2) is 121 Å². The summed E-state index contributed by atoms with van der Waals surface area (Å²) in [5, 5.41) is 9.27. The van der Waals surface area contributed by atoms with Crippen LogP contribution in [-0.4, -0.2) is 44.0 Å². The number of carbonyl (C=O) groups is 1. The second-order valence-corrected chi connectivity index (χ2v) is 11.6. The van der Waals surface area contributed by atoms with Gasteiger partial charge in [-0.3, -0.25) is 4.79 Å². The van der Waals surface area contributed by atoms with E-state index >= 15 is 0 Å². The van der Waals surface area contributed by atoms with Gasteiger partial charge in [-0.25, -0.2) is 4.39 Å². The molecule has 264 valence electrons. The van der Waals surface area contributed by atoms with Crippen LogP contribution in [0.25, 0.3) is 22.3 Å². The molecule has 0 saturated carbocycles. The Kier molecular flexibility index (Phi) is 16.2. The lowest BCUT2D eigenvalue weighted by atomic mass is 9.95. The van der Waals surface area contributed by atoms with Gasteiger partial charge in [-0.1, -0.05) is 119 Å². The minimum atomic E-state index is -0.795. The molecule has 0 radical (unpaired) electrons. The molecular formula is C44H52FNO4. The van der Waals surface area contributed by atoms with Gasteiger partial charge in [0.15, 0.2) is 0 Å². The van der Waals surface area contributed by atoms with Crippen LogP contribution in [0.4, 0.5) is 10.1 Å². The maximum Gasteiger partial charge on any atom is 0.305 e. The van der Waals surface area contributed by atoms with Crippen LogP contribution in [0.3, 0.4) is 0 Å². The van der Waals surface area contributed by atoms with Crippen LogP contribution >= 0.6 is 0 Å². The van der Waals surface area contributed by atoms with Crippen molar-refractivity contribution in [2.24, 2.45) is 0 Å². The summed E-state index contributed by atoms with van der Waals surface area (Å²) in [4.78, 5) is 13.4. The summed E-state index contributed by atoms with van der Waals surface area (Å²) in [5.41, 5.74) is 8.32. The number of rotatable bonds is 9. The molecule has 1 heterocycles. The zero-order valence-electron chi connectivity index (χ0n) is 30.5. The molecule has 5 aromatic carbocycles. The standard InChI is InChI=1S/C28H30FNO4.C12H10.2C2H6/c1-18-12-21(26-16-24(33-2)10-11-27(26)29)7-6-20(18)13-19-4-8-22(9-5-19)30-17-25(34-3)14-23(30)15-28(31)32;1-3-7-11(8-4-1)12-9-5-2-6-10-12;2*1-2/h4-12,16,23,25H,13-15,17H2,1-3H3,(H,31,32);1-10H;2*1-2H3/t23-,25?;;;/m1.../s1. The summed E-state index contributed by atoms with van der Waals surface area (Å²) >= 11 is 0. The van der Waals surface area contributed by atoms with Gasteiger partial charge >= 0.3 is 5.97 Å². The van der Waals surface area contributed by atoms with Gasteiger partial charge in [0, 0.05) is 30.9 Å². The Morgan fingerprint density at radius 3 is 1.90 bits per heavy atom. The van der Waals surface area contributed by atoms with E-state index in [1.54, 1.807) is 26.4 Å². The smallest absolute Gasteiger partial charge is 0.305 e. The van der Waals surface area contributed by atoms with Gasteiger partial charge in [0.2, 0.25) is 0 Å². The predicted octanol–water partition coefficient (Wildman–Crippen LogP) is 10.9. The van der Waals surface area contributed by atoms with Crippen LogP contribution in [0.5, 0.6) is 5.75 Å². The van der Waals surface area contributed by atoms with Gasteiger partial charge in [-0.2, -0.15) is 0 Å². The molecule has 2 atom stereocenters. The second-order valence-electron chi connectivity index (χ2n) is 11.6. The third kappa shape index (κ3) is 11.0. The number of carboxylic acids is 1. The number of hydrogen-bond donors (Lipinski definition) is 1. The van der Waals surface area contributed by atoms with Gasteiger partial charge in [0.05, 0.1) is 19.6 Å². The largest absolute Gasteiger partial charge is 0.497 e. The topological polar surface area (TPSA) is 59.0 Å². The highest BCUT2D eigenvalue weighted by Gasteiger charge is 2.33. The van der Waals surface area contributed by atoms with Crippen LogP contribution in [0, 0.1) is 12.7 Å². The molecule has 1 saturated heterocycles. The van der Waals surface area contributed by atoms with Crippen molar-refractivity contribution in [3.63, 3.8) is 0 Å². The molecule has 1 aliphatic rings. The van der Waals surface area contributed by atoms with E-state index in [2.05, 4.69) is 77.7 Å². The number of methoxy groups -OCH3 is 2. The number of carboxylic acid groups (broad SMARTS) is 1. The molecule has 6 heteroatoms. The maximum atomic E-state index is 14.4. The van der Waals surface area contributed by atoms with Crippen molar-refractivity contribution in [2.75, 3.05) is 25.7 Å². The monoisotopic (exact) mass is 677 g/mol. The Morgan fingerprint density at radius 1 is 0.780 bits per heavy atom. The molecule has 0 bridgehead atoms. The average molecular weight is 678 g/mol. The quantitative estimate of drug-likeness (QED) is 0.168. The van der Waals surface area contributed by atoms with Crippen molar-refractivity contribution in [3.05, 3.63) is 144 Å². The molecule has 6 rings (SSSR count). The van der Waals surface area contributed by atoms with Crippen molar-refractivity contribution in [2.45, 2.75) is 66.0 Å². The first kappa shape index (κ1) is 39.5. The minimum Gasteiger partial charge on any atom is -0.497 e. The van der Waals surface area contributed by atoms with E-state index in [1.807, 2.05) is 65.0 Å². The van der Waals surface area contributed by atoms with Crippen LogP contribution in [-0.2, 0) is 16.0 Å². The molecule has 50 heavy (non-hydrogen) atoms. The van der Waals surface area contributed by atoms with E-state index in [-0.39, 0.29) is 24.4 Å². The highest BCUT2D eigenvalue weighted by Crippen LogP contribution is 2.31. The van der Waals surface area contributed by atoms with Gasteiger partial charge in [-0.05, 0) is 83.5 Å². The highest BCUT2D eigenvalue weighted by molar-refractivity contribution is 5.69. The Hall–Kier alpha value is -4.94. The number of nitrogens with zero attached hydrogens (tertiary/aromatic N) is 1. The molecule has 0 aliphatic carbocycles. The molecule has 1 fully saturated rings. The van der Waals surface area contributed by atoms with Crippen LogP contribution in [0.1, 0.15) is 57.2 Å². The van der Waals surface area contributed by atoms with Crippen LogP contribution in [0.2, 0.25) is 0 Å². The highest BCUT2D eigenvalue weighted by atomic mass is 19.1. The first-order valence-electron chi connectivity index (χ1n) is 17.5. The fourth-order valence-electron chi connectivity index (χ4n) is 5.96. The van der Waals surface area contributed by atoms with E-state index in [0.29, 0.717) is 24.3 Å². The number of aryl methyl sites for hydroxylation is 1. The van der Waals surface area contributed by atoms with E-state index in [9.17, 15) is 14.3 Å². The third-order valence-corrected chi connectivity index (χ3v) is 8.49. The molecule has 5 nitrogen and oxygen atoms in total. The normalized spacial score (nSPS) is 14.6. The van der Waals surface area contributed by atoms with Crippen LogP contribution < -0.4 is 9.64 Å². The van der Waals surface area contributed by atoms with Gasteiger partial charge in [0.1, 0.15) is 11.6 Å².